The molecule has 0 bridgehead atoms. The second-order valence-corrected chi connectivity index (χ2v) is 5.26. The molecule has 5 heteroatoms. The maximum Gasteiger partial charge on any atom is 0.276 e. The Kier molecular flexibility index (Phi) is 4.88. The van der Waals surface area contributed by atoms with E-state index >= 15 is 0 Å². The molecule has 0 spiro atoms. The zero-order valence-electron chi connectivity index (χ0n) is 12.9. The molecule has 1 aromatic carbocycles. The second kappa shape index (κ2) is 6.85. The zero-order valence-corrected chi connectivity index (χ0v) is 12.9. The van der Waals surface area contributed by atoms with Crippen molar-refractivity contribution in [3.8, 4) is 0 Å². The van der Waals surface area contributed by atoms with Crippen molar-refractivity contribution in [2.75, 3.05) is 11.9 Å². The van der Waals surface area contributed by atoms with Gasteiger partial charge >= 0.3 is 0 Å². The molecule has 0 unspecified atom stereocenters. The van der Waals surface area contributed by atoms with E-state index in [0.29, 0.717) is 5.56 Å². The third-order valence-corrected chi connectivity index (χ3v) is 3.11. The predicted molar refractivity (Wildman–Crippen MR) is 86.0 cm³/mol. The number of carbonyl (C=O) groups is 2. The normalized spacial score (nSPS) is 10.4. The van der Waals surface area contributed by atoms with Gasteiger partial charge in [0, 0.05) is 30.5 Å². The number of anilines is 1. The number of pyridine rings is 1. The van der Waals surface area contributed by atoms with Crippen LogP contribution < -0.4 is 10.2 Å². The number of nitrogens with one attached hydrogen (secondary N) is 1. The Morgan fingerprint density at radius 2 is 1.82 bits per heavy atom. The van der Waals surface area contributed by atoms with Gasteiger partial charge in [-0.25, -0.2) is 0 Å². The summed E-state index contributed by atoms with van der Waals surface area (Å²) in [5, 5.41) is 2.79. The highest BCUT2D eigenvalue weighted by molar-refractivity contribution is 6.06. The molecule has 1 N–H and O–H groups in total. The maximum atomic E-state index is 12.5. The van der Waals surface area contributed by atoms with Crippen molar-refractivity contribution in [3.63, 3.8) is 0 Å². The first kappa shape index (κ1) is 15.7. The summed E-state index contributed by atoms with van der Waals surface area (Å²) in [5.41, 5.74) is 1.43. The molecule has 22 heavy (non-hydrogen) atoms. The van der Waals surface area contributed by atoms with Crippen LogP contribution in [0, 0.1) is 0 Å². The molecule has 2 aromatic rings. The third-order valence-electron chi connectivity index (χ3n) is 3.11. The Bertz CT molecular complexity index is 669. The van der Waals surface area contributed by atoms with E-state index in [4.69, 9.17) is 0 Å². The lowest BCUT2D eigenvalue weighted by Gasteiger charge is -2.17. The molecule has 0 atom stereocenters. The topological polar surface area (TPSA) is 62.3 Å². The van der Waals surface area contributed by atoms with Crippen LogP contribution in [0.3, 0.4) is 0 Å². The summed E-state index contributed by atoms with van der Waals surface area (Å²) in [5.74, 6) is -0.473. The molecule has 0 saturated carbocycles. The summed E-state index contributed by atoms with van der Waals surface area (Å²) in [6.07, 6.45) is 1.47. The average Bonchev–Trinajstić information content (AvgIpc) is 2.54. The van der Waals surface area contributed by atoms with E-state index in [1.165, 1.54) is 17.2 Å². The molecular formula is C17H19N3O2. The highest BCUT2D eigenvalue weighted by Gasteiger charge is 2.17. The van der Waals surface area contributed by atoms with E-state index in [1.807, 2.05) is 44.2 Å². The summed E-state index contributed by atoms with van der Waals surface area (Å²) < 4.78 is 0. The second-order valence-electron chi connectivity index (χ2n) is 5.26. The van der Waals surface area contributed by atoms with Crippen molar-refractivity contribution in [1.82, 2.24) is 10.3 Å². The Morgan fingerprint density at radius 1 is 1.14 bits per heavy atom. The van der Waals surface area contributed by atoms with Gasteiger partial charge in [-0.05, 0) is 38.1 Å². The molecule has 0 fully saturated rings. The molecule has 1 heterocycles. The summed E-state index contributed by atoms with van der Waals surface area (Å²) in [6.45, 7) is 3.77. The number of benzene rings is 1. The number of amides is 2. The smallest absolute Gasteiger partial charge is 0.276 e. The van der Waals surface area contributed by atoms with Gasteiger partial charge in [0.25, 0.3) is 11.8 Å². The summed E-state index contributed by atoms with van der Waals surface area (Å²) in [4.78, 5) is 30.1. The third kappa shape index (κ3) is 3.69. The fraction of sp³-hybridized carbons (Fsp3) is 0.235. The highest BCUT2D eigenvalue weighted by atomic mass is 16.2. The van der Waals surface area contributed by atoms with E-state index < -0.39 is 0 Å². The van der Waals surface area contributed by atoms with Crippen molar-refractivity contribution in [1.29, 1.82) is 0 Å². The van der Waals surface area contributed by atoms with Crippen molar-refractivity contribution < 1.29 is 9.59 Å². The number of aromatic nitrogens is 1. The Balaban J connectivity index is 2.22. The molecule has 0 aliphatic carbocycles. The van der Waals surface area contributed by atoms with Crippen LogP contribution in [0.25, 0.3) is 0 Å². The first-order valence-corrected chi connectivity index (χ1v) is 7.09. The molecule has 114 valence electrons. The summed E-state index contributed by atoms with van der Waals surface area (Å²) in [7, 11) is 1.68. The van der Waals surface area contributed by atoms with Crippen LogP contribution in [0.15, 0.2) is 48.7 Å². The van der Waals surface area contributed by atoms with Gasteiger partial charge in [0.05, 0.1) is 0 Å². The highest BCUT2D eigenvalue weighted by Crippen LogP contribution is 2.14. The van der Waals surface area contributed by atoms with Crippen molar-refractivity contribution in [2.45, 2.75) is 19.9 Å². The van der Waals surface area contributed by atoms with Crippen LogP contribution in [0.1, 0.15) is 34.7 Å². The standard InChI is InChI=1S/C17H19N3O2/c1-12(2)19-16(21)13-9-10-18-15(11-13)17(22)20(3)14-7-5-4-6-8-14/h4-12H,1-3H3,(H,19,21). The van der Waals surface area contributed by atoms with Crippen molar-refractivity contribution >= 4 is 17.5 Å². The lowest BCUT2D eigenvalue weighted by Crippen LogP contribution is -2.31. The minimum atomic E-state index is -0.259. The summed E-state index contributed by atoms with van der Waals surface area (Å²) in [6, 6.07) is 12.4. The Hall–Kier alpha value is -2.69. The van der Waals surface area contributed by atoms with Crippen LogP contribution in [0.5, 0.6) is 0 Å². The molecule has 2 rings (SSSR count). The van der Waals surface area contributed by atoms with Gasteiger partial charge in [-0.2, -0.15) is 0 Å². The van der Waals surface area contributed by atoms with E-state index in [2.05, 4.69) is 10.3 Å². The average molecular weight is 297 g/mol. The summed E-state index contributed by atoms with van der Waals surface area (Å²) >= 11 is 0. The number of hydrogen-bond donors (Lipinski definition) is 1. The van der Waals surface area contributed by atoms with Gasteiger partial charge in [0.2, 0.25) is 0 Å². The fourth-order valence-electron chi connectivity index (χ4n) is 1.97. The van der Waals surface area contributed by atoms with Gasteiger partial charge in [-0.15, -0.1) is 0 Å². The predicted octanol–water partition coefficient (Wildman–Crippen LogP) is 2.50. The van der Waals surface area contributed by atoms with Crippen LogP contribution >= 0.6 is 0 Å². The zero-order chi connectivity index (χ0) is 16.1. The van der Waals surface area contributed by atoms with Gasteiger partial charge in [0.15, 0.2) is 0 Å². The van der Waals surface area contributed by atoms with Crippen molar-refractivity contribution in [2.24, 2.45) is 0 Å². The van der Waals surface area contributed by atoms with Gasteiger partial charge in [-0.3, -0.25) is 14.6 Å². The van der Waals surface area contributed by atoms with E-state index in [9.17, 15) is 9.59 Å². The van der Waals surface area contributed by atoms with Crippen LogP contribution in [0.4, 0.5) is 5.69 Å². The number of hydrogen-bond acceptors (Lipinski definition) is 3. The molecule has 0 aliphatic heterocycles. The minimum Gasteiger partial charge on any atom is -0.350 e. The van der Waals surface area contributed by atoms with Gasteiger partial charge < -0.3 is 10.2 Å². The Morgan fingerprint density at radius 3 is 2.45 bits per heavy atom. The molecule has 0 radical (unpaired) electrons. The maximum absolute atomic E-state index is 12.5. The molecule has 1 aromatic heterocycles. The first-order valence-electron chi connectivity index (χ1n) is 7.09. The quantitative estimate of drug-likeness (QED) is 0.943. The molecule has 0 saturated heterocycles. The van der Waals surface area contributed by atoms with Crippen LogP contribution in [0.2, 0.25) is 0 Å². The monoisotopic (exact) mass is 297 g/mol. The number of rotatable bonds is 4. The largest absolute Gasteiger partial charge is 0.350 e. The van der Waals surface area contributed by atoms with E-state index in [1.54, 1.807) is 13.1 Å². The molecule has 2 amide bonds. The van der Waals surface area contributed by atoms with Crippen LogP contribution in [-0.4, -0.2) is 29.9 Å². The van der Waals surface area contributed by atoms with Gasteiger partial charge in [0.1, 0.15) is 5.69 Å². The molecular weight excluding hydrogens is 278 g/mol. The lowest BCUT2D eigenvalue weighted by atomic mass is 10.2. The Labute approximate surface area is 130 Å². The number of carbonyl (C=O) groups excluding carboxylic acids is 2. The van der Waals surface area contributed by atoms with E-state index in [0.717, 1.165) is 5.69 Å². The number of para-hydroxylation sites is 1. The van der Waals surface area contributed by atoms with Gasteiger partial charge in [-0.1, -0.05) is 18.2 Å². The first-order chi connectivity index (χ1) is 10.5. The SMILES string of the molecule is CC(C)NC(=O)c1ccnc(C(=O)N(C)c2ccccc2)c1. The number of nitrogens with zero attached hydrogens (tertiary/aromatic N) is 2. The van der Waals surface area contributed by atoms with Crippen LogP contribution in [-0.2, 0) is 0 Å². The minimum absolute atomic E-state index is 0.0341. The molecule has 5 nitrogen and oxygen atoms in total. The molecule has 0 aliphatic rings. The fourth-order valence-corrected chi connectivity index (χ4v) is 1.97. The van der Waals surface area contributed by atoms with E-state index in [-0.39, 0.29) is 23.6 Å². The van der Waals surface area contributed by atoms with Crippen molar-refractivity contribution in [3.05, 3.63) is 59.9 Å². The lowest BCUT2D eigenvalue weighted by molar-refractivity contribution is 0.0943.